The Morgan fingerprint density at radius 3 is 2.95 bits per heavy atom. The first-order valence-electron chi connectivity index (χ1n) is 6.03. The molecule has 0 amide bonds. The van der Waals surface area contributed by atoms with E-state index >= 15 is 0 Å². The summed E-state index contributed by atoms with van der Waals surface area (Å²) in [5, 5.41) is 16.5. The molecule has 0 radical (unpaired) electrons. The number of rotatable bonds is 5. The van der Waals surface area contributed by atoms with E-state index in [9.17, 15) is 0 Å². The second-order valence-electron chi connectivity index (χ2n) is 4.19. The highest BCUT2D eigenvalue weighted by Crippen LogP contribution is 2.27. The Morgan fingerprint density at radius 1 is 1.47 bits per heavy atom. The standard InChI is InChI=1S/C14H16N4O/c1-18-10-11(9-17-18)6-7-16-14-12(8-15)4-3-5-13(14)19-2/h3-5,9-10,16H,6-7H2,1-2H3. The molecule has 1 aromatic carbocycles. The van der Waals surface area contributed by atoms with Gasteiger partial charge in [0.1, 0.15) is 11.8 Å². The number of nitrogens with zero attached hydrogens (tertiary/aromatic N) is 3. The van der Waals surface area contributed by atoms with E-state index in [1.807, 2.05) is 31.6 Å². The maximum absolute atomic E-state index is 9.10. The van der Waals surface area contributed by atoms with Gasteiger partial charge >= 0.3 is 0 Å². The Labute approximate surface area is 112 Å². The Bertz CT molecular complexity index is 598. The number of hydrogen-bond acceptors (Lipinski definition) is 4. The molecule has 0 saturated heterocycles. The SMILES string of the molecule is COc1cccc(C#N)c1NCCc1cnn(C)c1. The minimum Gasteiger partial charge on any atom is -0.495 e. The van der Waals surface area contributed by atoms with Crippen LogP contribution in [-0.4, -0.2) is 23.4 Å². The summed E-state index contributed by atoms with van der Waals surface area (Å²) in [6, 6.07) is 7.59. The minimum absolute atomic E-state index is 0.588. The normalized spacial score (nSPS) is 9.95. The maximum atomic E-state index is 9.10. The monoisotopic (exact) mass is 256 g/mol. The topological polar surface area (TPSA) is 62.9 Å². The van der Waals surface area contributed by atoms with Gasteiger partial charge in [0.2, 0.25) is 0 Å². The zero-order valence-corrected chi connectivity index (χ0v) is 11.1. The van der Waals surface area contributed by atoms with Crippen LogP contribution in [-0.2, 0) is 13.5 Å². The van der Waals surface area contributed by atoms with Crippen LogP contribution in [0.5, 0.6) is 5.75 Å². The van der Waals surface area contributed by atoms with Crippen molar-refractivity contribution < 1.29 is 4.74 Å². The predicted molar refractivity (Wildman–Crippen MR) is 73.1 cm³/mol. The fourth-order valence-corrected chi connectivity index (χ4v) is 1.91. The number of nitrogens with one attached hydrogen (secondary N) is 1. The van der Waals surface area contributed by atoms with Gasteiger partial charge in [-0.25, -0.2) is 0 Å². The van der Waals surface area contributed by atoms with Gasteiger partial charge in [-0.15, -0.1) is 0 Å². The Kier molecular flexibility index (Phi) is 4.04. The highest BCUT2D eigenvalue weighted by molar-refractivity contribution is 5.66. The van der Waals surface area contributed by atoms with Crippen molar-refractivity contribution in [2.75, 3.05) is 19.0 Å². The molecular formula is C14H16N4O. The lowest BCUT2D eigenvalue weighted by Crippen LogP contribution is -2.07. The minimum atomic E-state index is 0.588. The third kappa shape index (κ3) is 3.05. The largest absolute Gasteiger partial charge is 0.495 e. The van der Waals surface area contributed by atoms with Crippen LogP contribution >= 0.6 is 0 Å². The molecule has 0 atom stereocenters. The first kappa shape index (κ1) is 13.0. The summed E-state index contributed by atoms with van der Waals surface area (Å²) in [7, 11) is 3.49. The summed E-state index contributed by atoms with van der Waals surface area (Å²) in [6.07, 6.45) is 4.67. The highest BCUT2D eigenvalue weighted by atomic mass is 16.5. The number of ether oxygens (including phenoxy) is 1. The molecule has 0 bridgehead atoms. The molecule has 19 heavy (non-hydrogen) atoms. The highest BCUT2D eigenvalue weighted by Gasteiger charge is 2.08. The molecule has 1 N–H and O–H groups in total. The van der Waals surface area contributed by atoms with Crippen LogP contribution in [0.3, 0.4) is 0 Å². The van der Waals surface area contributed by atoms with Gasteiger partial charge in [0, 0.05) is 19.8 Å². The van der Waals surface area contributed by atoms with Crippen LogP contribution in [0.25, 0.3) is 0 Å². The van der Waals surface area contributed by atoms with Crippen molar-refractivity contribution >= 4 is 5.69 Å². The lowest BCUT2D eigenvalue weighted by molar-refractivity contribution is 0.416. The van der Waals surface area contributed by atoms with Crippen molar-refractivity contribution in [1.82, 2.24) is 9.78 Å². The lowest BCUT2D eigenvalue weighted by atomic mass is 10.1. The van der Waals surface area contributed by atoms with E-state index in [-0.39, 0.29) is 0 Å². The summed E-state index contributed by atoms with van der Waals surface area (Å²) in [4.78, 5) is 0. The van der Waals surface area contributed by atoms with Gasteiger partial charge in [-0.1, -0.05) is 6.07 Å². The molecule has 98 valence electrons. The van der Waals surface area contributed by atoms with Crippen LogP contribution in [0.15, 0.2) is 30.6 Å². The van der Waals surface area contributed by atoms with Crippen LogP contribution in [0.4, 0.5) is 5.69 Å². The third-order valence-electron chi connectivity index (χ3n) is 2.84. The Balaban J connectivity index is 2.05. The van der Waals surface area contributed by atoms with Crippen molar-refractivity contribution in [2.24, 2.45) is 7.05 Å². The van der Waals surface area contributed by atoms with E-state index in [1.54, 1.807) is 17.9 Å². The van der Waals surface area contributed by atoms with Crippen LogP contribution in [0.1, 0.15) is 11.1 Å². The zero-order valence-electron chi connectivity index (χ0n) is 11.1. The molecule has 1 aromatic heterocycles. The summed E-state index contributed by atoms with van der Waals surface area (Å²) < 4.78 is 7.04. The van der Waals surface area contributed by atoms with E-state index in [2.05, 4.69) is 16.5 Å². The average Bonchev–Trinajstić information content (AvgIpc) is 2.84. The number of benzene rings is 1. The predicted octanol–water partition coefficient (Wildman–Crippen LogP) is 1.95. The molecule has 2 rings (SSSR count). The van der Waals surface area contributed by atoms with E-state index in [0.29, 0.717) is 11.3 Å². The first-order valence-corrected chi connectivity index (χ1v) is 6.03. The van der Waals surface area contributed by atoms with Gasteiger partial charge < -0.3 is 10.1 Å². The summed E-state index contributed by atoms with van der Waals surface area (Å²) in [5.74, 6) is 0.685. The number of aromatic nitrogens is 2. The summed E-state index contributed by atoms with van der Waals surface area (Å²) in [5.41, 5.74) is 2.49. The molecule has 0 unspecified atom stereocenters. The molecule has 0 saturated carbocycles. The number of methoxy groups -OCH3 is 1. The number of anilines is 1. The van der Waals surface area contributed by atoms with Crippen molar-refractivity contribution in [3.05, 3.63) is 41.7 Å². The van der Waals surface area contributed by atoms with Gasteiger partial charge in [0.05, 0.1) is 24.6 Å². The van der Waals surface area contributed by atoms with Gasteiger partial charge in [0.15, 0.2) is 0 Å². The fraction of sp³-hybridized carbons (Fsp3) is 0.286. The smallest absolute Gasteiger partial charge is 0.143 e. The molecule has 5 nitrogen and oxygen atoms in total. The van der Waals surface area contributed by atoms with Gasteiger partial charge in [0.25, 0.3) is 0 Å². The number of para-hydroxylation sites is 1. The lowest BCUT2D eigenvalue weighted by Gasteiger charge is -2.12. The van der Waals surface area contributed by atoms with Crippen LogP contribution in [0.2, 0.25) is 0 Å². The third-order valence-corrected chi connectivity index (χ3v) is 2.84. The number of hydrogen-bond donors (Lipinski definition) is 1. The molecular weight excluding hydrogens is 240 g/mol. The average molecular weight is 256 g/mol. The quantitative estimate of drug-likeness (QED) is 0.888. The molecule has 0 aliphatic carbocycles. The Morgan fingerprint density at radius 2 is 2.32 bits per heavy atom. The fourth-order valence-electron chi connectivity index (χ4n) is 1.91. The van der Waals surface area contributed by atoms with E-state index in [1.165, 1.54) is 0 Å². The molecule has 0 aliphatic heterocycles. The second kappa shape index (κ2) is 5.91. The number of aryl methyl sites for hydroxylation is 1. The van der Waals surface area contributed by atoms with Gasteiger partial charge in [-0.3, -0.25) is 4.68 Å². The van der Waals surface area contributed by atoms with E-state index in [0.717, 1.165) is 24.2 Å². The van der Waals surface area contributed by atoms with Gasteiger partial charge in [-0.2, -0.15) is 10.4 Å². The van der Waals surface area contributed by atoms with E-state index < -0.39 is 0 Å². The van der Waals surface area contributed by atoms with Crippen molar-refractivity contribution in [3.8, 4) is 11.8 Å². The van der Waals surface area contributed by atoms with Crippen LogP contribution < -0.4 is 10.1 Å². The number of nitriles is 1. The molecule has 0 aliphatic rings. The van der Waals surface area contributed by atoms with Crippen LogP contribution in [0, 0.1) is 11.3 Å². The maximum Gasteiger partial charge on any atom is 0.143 e. The Hall–Kier alpha value is -2.48. The molecule has 0 spiro atoms. The van der Waals surface area contributed by atoms with Crippen molar-refractivity contribution in [2.45, 2.75) is 6.42 Å². The second-order valence-corrected chi connectivity index (χ2v) is 4.19. The zero-order chi connectivity index (χ0) is 13.7. The molecule has 5 heteroatoms. The summed E-state index contributed by atoms with van der Waals surface area (Å²) in [6.45, 7) is 0.723. The van der Waals surface area contributed by atoms with E-state index in [4.69, 9.17) is 10.00 Å². The molecule has 2 aromatic rings. The molecule has 1 heterocycles. The van der Waals surface area contributed by atoms with Crippen molar-refractivity contribution in [3.63, 3.8) is 0 Å². The van der Waals surface area contributed by atoms with Crippen molar-refractivity contribution in [1.29, 1.82) is 5.26 Å². The molecule has 0 fully saturated rings. The first-order chi connectivity index (χ1) is 9.24. The van der Waals surface area contributed by atoms with Gasteiger partial charge in [-0.05, 0) is 24.1 Å². The summed E-state index contributed by atoms with van der Waals surface area (Å²) >= 11 is 0.